The fourth-order valence-electron chi connectivity index (χ4n) is 2.15. The van der Waals surface area contributed by atoms with Crippen molar-refractivity contribution >= 4 is 23.6 Å². The molecule has 0 radical (unpaired) electrons. The van der Waals surface area contributed by atoms with Gasteiger partial charge in [0.05, 0.1) is 11.1 Å². The average molecular weight is 319 g/mol. The van der Waals surface area contributed by atoms with Crippen molar-refractivity contribution in [1.82, 2.24) is 15.7 Å². The number of likely N-dealkylation sites (N-methyl/N-ethyl adjacent to an activating group) is 1. The van der Waals surface area contributed by atoms with Gasteiger partial charge in [-0.3, -0.25) is 28.9 Å². The third-order valence-corrected chi connectivity index (χ3v) is 3.33. The van der Waals surface area contributed by atoms with Crippen LogP contribution in [0, 0.1) is 0 Å². The summed E-state index contributed by atoms with van der Waals surface area (Å²) in [5, 5.41) is 2.34. The van der Waals surface area contributed by atoms with Gasteiger partial charge in [-0.05, 0) is 18.6 Å². The van der Waals surface area contributed by atoms with E-state index in [1.807, 2.05) is 0 Å². The fraction of sp³-hybridized carbons (Fsp3) is 0.333. The molecule has 122 valence electrons. The van der Waals surface area contributed by atoms with Crippen LogP contribution in [-0.2, 0) is 14.4 Å². The summed E-state index contributed by atoms with van der Waals surface area (Å²) < 4.78 is 0. The van der Waals surface area contributed by atoms with E-state index < -0.39 is 5.91 Å². The van der Waals surface area contributed by atoms with Crippen molar-refractivity contribution in [3.63, 3.8) is 0 Å². The number of imide groups is 1. The van der Waals surface area contributed by atoms with E-state index in [9.17, 15) is 19.2 Å². The van der Waals surface area contributed by atoms with Gasteiger partial charge in [-0.25, -0.2) is 5.48 Å². The molecule has 4 amide bonds. The second-order valence-electron chi connectivity index (χ2n) is 4.90. The van der Waals surface area contributed by atoms with E-state index >= 15 is 0 Å². The maximum Gasteiger partial charge on any atom is 0.261 e. The lowest BCUT2D eigenvalue weighted by atomic mass is 10.1. The van der Waals surface area contributed by atoms with E-state index in [-0.39, 0.29) is 37.3 Å². The molecule has 0 saturated heterocycles. The molecule has 0 aliphatic carbocycles. The summed E-state index contributed by atoms with van der Waals surface area (Å²) in [4.78, 5) is 52.4. The van der Waals surface area contributed by atoms with Crippen molar-refractivity contribution in [3.8, 4) is 0 Å². The Morgan fingerprint density at radius 3 is 2.26 bits per heavy atom. The van der Waals surface area contributed by atoms with E-state index in [0.717, 1.165) is 4.90 Å². The van der Waals surface area contributed by atoms with Crippen LogP contribution in [0.1, 0.15) is 33.6 Å². The molecule has 1 aliphatic heterocycles. The molecule has 23 heavy (non-hydrogen) atoms. The topological polar surface area (TPSA) is 105 Å². The van der Waals surface area contributed by atoms with Crippen molar-refractivity contribution < 1.29 is 24.0 Å². The zero-order valence-corrected chi connectivity index (χ0v) is 12.6. The summed E-state index contributed by atoms with van der Waals surface area (Å²) in [6.07, 6.45) is 0.377. The molecule has 1 aliphatic rings. The highest BCUT2D eigenvalue weighted by Crippen LogP contribution is 2.22. The number of hydroxylamine groups is 1. The van der Waals surface area contributed by atoms with Gasteiger partial charge < -0.3 is 5.32 Å². The highest BCUT2D eigenvalue weighted by molar-refractivity contribution is 6.21. The molecule has 1 aromatic carbocycles. The van der Waals surface area contributed by atoms with Crippen molar-refractivity contribution in [2.24, 2.45) is 0 Å². The first-order valence-electron chi connectivity index (χ1n) is 7.11. The van der Waals surface area contributed by atoms with Crippen LogP contribution in [-0.4, -0.2) is 48.7 Å². The van der Waals surface area contributed by atoms with E-state index in [1.54, 1.807) is 24.3 Å². The lowest BCUT2D eigenvalue weighted by Crippen LogP contribution is -2.33. The molecule has 0 unspecified atom stereocenters. The molecule has 2 N–H and O–H groups in total. The van der Waals surface area contributed by atoms with Gasteiger partial charge in [0.2, 0.25) is 11.8 Å². The van der Waals surface area contributed by atoms with Crippen LogP contribution in [0.4, 0.5) is 0 Å². The van der Waals surface area contributed by atoms with Crippen LogP contribution in [0.3, 0.4) is 0 Å². The van der Waals surface area contributed by atoms with Crippen molar-refractivity contribution in [1.29, 1.82) is 0 Å². The molecule has 8 nitrogen and oxygen atoms in total. The average Bonchev–Trinajstić information content (AvgIpc) is 2.80. The van der Waals surface area contributed by atoms with Crippen molar-refractivity contribution in [3.05, 3.63) is 35.4 Å². The van der Waals surface area contributed by atoms with Crippen LogP contribution in [0.5, 0.6) is 0 Å². The molecule has 1 aromatic rings. The van der Waals surface area contributed by atoms with Crippen LogP contribution in [0.2, 0.25) is 0 Å². The number of amides is 4. The summed E-state index contributed by atoms with van der Waals surface area (Å²) in [6.45, 7) is -0.129. The number of nitrogens with one attached hydrogen (secondary N) is 2. The monoisotopic (exact) mass is 319 g/mol. The van der Waals surface area contributed by atoms with Crippen molar-refractivity contribution in [2.45, 2.75) is 12.8 Å². The first-order valence-corrected chi connectivity index (χ1v) is 7.11. The van der Waals surface area contributed by atoms with E-state index in [4.69, 9.17) is 4.84 Å². The highest BCUT2D eigenvalue weighted by Gasteiger charge is 2.34. The third kappa shape index (κ3) is 3.92. The molecule has 2 rings (SSSR count). The molecule has 0 fully saturated rings. The Bertz CT molecular complexity index is 609. The second-order valence-corrected chi connectivity index (χ2v) is 4.90. The van der Waals surface area contributed by atoms with E-state index in [0.29, 0.717) is 17.5 Å². The second kappa shape index (κ2) is 7.50. The summed E-state index contributed by atoms with van der Waals surface area (Å²) in [5.74, 6) is -1.48. The maximum atomic E-state index is 12.1. The zero-order chi connectivity index (χ0) is 16.8. The fourth-order valence-corrected chi connectivity index (χ4v) is 2.15. The van der Waals surface area contributed by atoms with Crippen LogP contribution in [0.15, 0.2) is 24.3 Å². The smallest absolute Gasteiger partial charge is 0.261 e. The number of hydrogen-bond donors (Lipinski definition) is 2. The molecule has 0 aromatic heterocycles. The first kappa shape index (κ1) is 16.6. The van der Waals surface area contributed by atoms with Gasteiger partial charge in [0.1, 0.15) is 0 Å². The molecular formula is C15H17N3O5. The minimum absolute atomic E-state index is 0.0706. The predicted molar refractivity (Wildman–Crippen MR) is 79.2 cm³/mol. The van der Waals surface area contributed by atoms with Gasteiger partial charge in [-0.15, -0.1) is 0 Å². The molecular weight excluding hydrogens is 302 g/mol. The predicted octanol–water partition coefficient (Wildman–Crippen LogP) is -0.143. The first-order chi connectivity index (χ1) is 11.0. The standard InChI is InChI=1S/C15H17N3O5/c1-16-13(20)9-23-17-12(19)7-4-8-18-14(21)10-5-2-3-6-11(10)15(18)22/h2-3,5-6H,4,7-9H2,1H3,(H,16,20)(H,17,19). The largest absolute Gasteiger partial charge is 0.357 e. The summed E-state index contributed by atoms with van der Waals surface area (Å²) in [7, 11) is 1.45. The van der Waals surface area contributed by atoms with Gasteiger partial charge in [0.25, 0.3) is 11.8 Å². The number of carbonyl (C=O) groups is 4. The summed E-state index contributed by atoms with van der Waals surface area (Å²) >= 11 is 0. The SMILES string of the molecule is CNC(=O)CONC(=O)CCCN1C(=O)c2ccccc2C1=O. The molecule has 0 spiro atoms. The van der Waals surface area contributed by atoms with Gasteiger partial charge in [-0.1, -0.05) is 12.1 Å². The molecule has 0 atom stereocenters. The van der Waals surface area contributed by atoms with Crippen LogP contribution >= 0.6 is 0 Å². The number of rotatable bonds is 7. The maximum absolute atomic E-state index is 12.1. The number of benzene rings is 1. The Hall–Kier alpha value is -2.74. The van der Waals surface area contributed by atoms with Gasteiger partial charge in [0.15, 0.2) is 6.61 Å². The molecule has 8 heteroatoms. The Morgan fingerprint density at radius 1 is 1.09 bits per heavy atom. The minimum Gasteiger partial charge on any atom is -0.357 e. The quantitative estimate of drug-likeness (QED) is 0.537. The minimum atomic E-state index is -0.425. The highest BCUT2D eigenvalue weighted by atomic mass is 16.7. The number of hydrogen-bond acceptors (Lipinski definition) is 5. The zero-order valence-electron chi connectivity index (χ0n) is 12.6. The van der Waals surface area contributed by atoms with Crippen molar-refractivity contribution in [2.75, 3.05) is 20.2 Å². The van der Waals surface area contributed by atoms with Crippen LogP contribution < -0.4 is 10.8 Å². The number of carbonyl (C=O) groups excluding carboxylic acids is 4. The lowest BCUT2D eigenvalue weighted by molar-refractivity contribution is -0.139. The van der Waals surface area contributed by atoms with Crippen LogP contribution in [0.25, 0.3) is 0 Å². The lowest BCUT2D eigenvalue weighted by Gasteiger charge is -2.13. The van der Waals surface area contributed by atoms with Gasteiger partial charge in [-0.2, -0.15) is 0 Å². The number of nitrogens with zero attached hydrogens (tertiary/aromatic N) is 1. The molecule has 1 heterocycles. The summed E-state index contributed by atoms with van der Waals surface area (Å²) in [5.41, 5.74) is 2.89. The van der Waals surface area contributed by atoms with E-state index in [1.165, 1.54) is 7.05 Å². The molecule has 0 saturated carbocycles. The Kier molecular flexibility index (Phi) is 5.42. The van der Waals surface area contributed by atoms with Gasteiger partial charge >= 0.3 is 0 Å². The Labute approximate surface area is 132 Å². The Morgan fingerprint density at radius 2 is 1.70 bits per heavy atom. The summed E-state index contributed by atoms with van der Waals surface area (Å²) in [6, 6.07) is 6.61. The van der Waals surface area contributed by atoms with E-state index in [2.05, 4.69) is 10.8 Å². The normalized spacial score (nSPS) is 13.0. The molecule has 0 bridgehead atoms. The Balaban J connectivity index is 1.75. The third-order valence-electron chi connectivity index (χ3n) is 3.33. The number of fused-ring (bicyclic) bond motifs is 1. The van der Waals surface area contributed by atoms with Gasteiger partial charge in [0, 0.05) is 20.0 Å².